The number of benzene rings is 1. The van der Waals surface area contributed by atoms with Gasteiger partial charge in [0, 0.05) is 43.2 Å². The molecule has 1 aromatic heterocycles. The van der Waals surface area contributed by atoms with E-state index in [-0.39, 0.29) is 23.2 Å². The number of fused-ring (bicyclic) bond motifs is 5. The maximum atomic E-state index is 13.6. The topological polar surface area (TPSA) is 108 Å². The molecule has 4 aliphatic rings. The summed E-state index contributed by atoms with van der Waals surface area (Å²) in [6, 6.07) is 9.38. The fourth-order valence-corrected chi connectivity index (χ4v) is 6.56. The van der Waals surface area contributed by atoms with Gasteiger partial charge >= 0.3 is 0 Å². The first-order chi connectivity index (χ1) is 16.0. The van der Waals surface area contributed by atoms with E-state index >= 15 is 0 Å². The van der Waals surface area contributed by atoms with Gasteiger partial charge in [0.15, 0.2) is 5.82 Å². The number of nitrogens with zero attached hydrogens (tertiary/aromatic N) is 4. The summed E-state index contributed by atoms with van der Waals surface area (Å²) in [5.41, 5.74) is 8.86. The lowest BCUT2D eigenvalue weighted by Crippen LogP contribution is -2.61. The standard InChI is InChI=1S/C25H32N6O2/c26-25-8-3-4-16(13-25)18(7-9-25)24(33)30-10-11-31-17(15-30)14-27-23-21(31)12-20(28-29-23)19-5-1-2-6-22(19)32/h1-2,5-6,12,16-18,32H,3-4,7-11,13-15,26H2,(H,27,29)/t16?,17-,18?,25?/m0/s1. The highest BCUT2D eigenvalue weighted by atomic mass is 16.3. The summed E-state index contributed by atoms with van der Waals surface area (Å²) in [7, 11) is 0. The van der Waals surface area contributed by atoms with Crippen LogP contribution in [0.2, 0.25) is 0 Å². The maximum absolute atomic E-state index is 13.6. The Kier molecular flexibility index (Phi) is 4.94. The molecule has 2 aliphatic heterocycles. The SMILES string of the molecule is NC12CCCC(C1)C(C(=O)N1CCN3c4cc(-c5ccccc5O)nnc4NC[C@H]3C1)CC2. The number of nitrogens with one attached hydrogen (secondary N) is 1. The Bertz CT molecular complexity index is 1080. The third-order valence-electron chi connectivity index (χ3n) is 8.32. The molecule has 174 valence electrons. The third-order valence-corrected chi connectivity index (χ3v) is 8.32. The zero-order valence-electron chi connectivity index (χ0n) is 18.9. The van der Waals surface area contributed by atoms with Crippen molar-refractivity contribution in [3.05, 3.63) is 30.3 Å². The van der Waals surface area contributed by atoms with Crippen LogP contribution in [0.25, 0.3) is 11.3 Å². The number of anilines is 2. The van der Waals surface area contributed by atoms with E-state index in [1.54, 1.807) is 12.1 Å². The number of hydrogen-bond acceptors (Lipinski definition) is 7. The molecular formula is C25H32N6O2. The van der Waals surface area contributed by atoms with Gasteiger partial charge in [-0.15, -0.1) is 10.2 Å². The second-order valence-electron chi connectivity index (χ2n) is 10.4. The Morgan fingerprint density at radius 2 is 2.06 bits per heavy atom. The largest absolute Gasteiger partial charge is 0.507 e. The van der Waals surface area contributed by atoms with Crippen molar-refractivity contribution in [3.63, 3.8) is 0 Å². The van der Waals surface area contributed by atoms with Crippen LogP contribution in [0.15, 0.2) is 30.3 Å². The molecule has 3 unspecified atom stereocenters. The molecule has 2 bridgehead atoms. The summed E-state index contributed by atoms with van der Waals surface area (Å²) in [6.45, 7) is 2.95. The van der Waals surface area contributed by atoms with Gasteiger partial charge in [0.1, 0.15) is 5.75 Å². The number of phenolic OH excluding ortho intramolecular Hbond substituents is 1. The minimum absolute atomic E-state index is 0.0265. The molecule has 8 heteroatoms. The van der Waals surface area contributed by atoms with E-state index in [0.29, 0.717) is 23.1 Å². The van der Waals surface area contributed by atoms with Crippen molar-refractivity contribution >= 4 is 17.4 Å². The highest BCUT2D eigenvalue weighted by molar-refractivity contribution is 5.81. The van der Waals surface area contributed by atoms with Gasteiger partial charge in [-0.3, -0.25) is 4.79 Å². The normalized spacial score (nSPS) is 30.8. The lowest BCUT2D eigenvalue weighted by Gasteiger charge is -2.49. The number of aromatic nitrogens is 2. The van der Waals surface area contributed by atoms with E-state index in [2.05, 4.69) is 25.3 Å². The van der Waals surface area contributed by atoms with Crippen LogP contribution in [0, 0.1) is 11.8 Å². The molecule has 6 rings (SSSR count). The molecule has 2 aliphatic carbocycles. The molecule has 3 fully saturated rings. The maximum Gasteiger partial charge on any atom is 0.226 e. The highest BCUT2D eigenvalue weighted by Crippen LogP contribution is 2.45. The Hall–Kier alpha value is -2.87. The molecule has 4 N–H and O–H groups in total. The van der Waals surface area contributed by atoms with E-state index < -0.39 is 0 Å². The minimum Gasteiger partial charge on any atom is -0.507 e. The van der Waals surface area contributed by atoms with Crippen LogP contribution in [-0.2, 0) is 4.79 Å². The van der Waals surface area contributed by atoms with Crippen LogP contribution >= 0.6 is 0 Å². The van der Waals surface area contributed by atoms with Crippen LogP contribution in [-0.4, -0.2) is 63.9 Å². The molecule has 4 atom stereocenters. The molecule has 2 aromatic rings. The molecule has 33 heavy (non-hydrogen) atoms. The molecule has 2 saturated carbocycles. The Morgan fingerprint density at radius 3 is 2.94 bits per heavy atom. The summed E-state index contributed by atoms with van der Waals surface area (Å²) in [4.78, 5) is 18.0. The van der Waals surface area contributed by atoms with Crippen LogP contribution in [0.1, 0.15) is 38.5 Å². The van der Waals surface area contributed by atoms with Crippen LogP contribution in [0.5, 0.6) is 5.75 Å². The molecule has 3 heterocycles. The van der Waals surface area contributed by atoms with Gasteiger partial charge in [-0.1, -0.05) is 18.6 Å². The fourth-order valence-electron chi connectivity index (χ4n) is 6.56. The number of phenols is 1. The van der Waals surface area contributed by atoms with Crippen LogP contribution in [0.4, 0.5) is 11.5 Å². The predicted molar refractivity (Wildman–Crippen MR) is 127 cm³/mol. The molecule has 0 spiro atoms. The second-order valence-corrected chi connectivity index (χ2v) is 10.4. The summed E-state index contributed by atoms with van der Waals surface area (Å²) in [5, 5.41) is 22.4. The quantitative estimate of drug-likeness (QED) is 0.648. The number of carbonyl (C=O) groups excluding carboxylic acids is 1. The van der Waals surface area contributed by atoms with Gasteiger partial charge in [-0.2, -0.15) is 0 Å². The first-order valence-corrected chi connectivity index (χ1v) is 12.2. The molecule has 1 saturated heterocycles. The van der Waals surface area contributed by atoms with Crippen molar-refractivity contribution in [2.24, 2.45) is 17.6 Å². The Morgan fingerprint density at radius 1 is 1.18 bits per heavy atom. The highest BCUT2D eigenvalue weighted by Gasteiger charge is 2.45. The number of piperazine rings is 1. The first kappa shape index (κ1) is 20.7. The van der Waals surface area contributed by atoms with E-state index in [4.69, 9.17) is 5.73 Å². The van der Waals surface area contributed by atoms with Crippen LogP contribution in [0.3, 0.4) is 0 Å². The lowest BCUT2D eigenvalue weighted by molar-refractivity contribution is -0.141. The number of hydrogen-bond donors (Lipinski definition) is 3. The van der Waals surface area contributed by atoms with E-state index in [0.717, 1.165) is 76.2 Å². The second kappa shape index (κ2) is 7.87. The summed E-state index contributed by atoms with van der Waals surface area (Å²) in [5.74, 6) is 1.87. The van der Waals surface area contributed by atoms with Crippen molar-refractivity contribution < 1.29 is 9.90 Å². The van der Waals surface area contributed by atoms with Crippen molar-refractivity contribution in [2.45, 2.75) is 50.1 Å². The lowest BCUT2D eigenvalue weighted by atomic mass is 9.63. The van der Waals surface area contributed by atoms with Gasteiger partial charge in [0.2, 0.25) is 5.91 Å². The van der Waals surface area contributed by atoms with Crippen molar-refractivity contribution in [2.75, 3.05) is 36.4 Å². The average Bonchev–Trinajstić information content (AvgIpc) is 2.83. The number of nitrogens with two attached hydrogens (primary N) is 1. The number of amides is 1. The summed E-state index contributed by atoms with van der Waals surface area (Å²) < 4.78 is 0. The third kappa shape index (κ3) is 3.60. The van der Waals surface area contributed by atoms with Crippen molar-refractivity contribution in [1.82, 2.24) is 15.1 Å². The number of para-hydroxylation sites is 1. The molecule has 1 aromatic carbocycles. The summed E-state index contributed by atoms with van der Waals surface area (Å²) in [6.07, 6.45) is 6.33. The van der Waals surface area contributed by atoms with Gasteiger partial charge < -0.3 is 26.0 Å². The van der Waals surface area contributed by atoms with Gasteiger partial charge in [-0.05, 0) is 56.2 Å². The zero-order chi connectivity index (χ0) is 22.6. The Balaban J connectivity index is 1.19. The minimum atomic E-state index is -0.0265. The van der Waals surface area contributed by atoms with E-state index in [9.17, 15) is 9.90 Å². The molecule has 0 radical (unpaired) electrons. The van der Waals surface area contributed by atoms with Crippen LogP contribution < -0.4 is 16.0 Å². The Labute approximate surface area is 194 Å². The number of carbonyl (C=O) groups is 1. The monoisotopic (exact) mass is 448 g/mol. The van der Waals surface area contributed by atoms with Crippen molar-refractivity contribution in [1.29, 1.82) is 0 Å². The number of aromatic hydroxyl groups is 1. The first-order valence-electron chi connectivity index (χ1n) is 12.2. The van der Waals surface area contributed by atoms with Gasteiger partial charge in [0.25, 0.3) is 0 Å². The van der Waals surface area contributed by atoms with Crippen molar-refractivity contribution in [3.8, 4) is 17.0 Å². The molecule has 1 amide bonds. The molecule has 8 nitrogen and oxygen atoms in total. The average molecular weight is 449 g/mol. The number of rotatable bonds is 2. The van der Waals surface area contributed by atoms with Gasteiger partial charge in [0.05, 0.1) is 17.4 Å². The smallest absolute Gasteiger partial charge is 0.226 e. The predicted octanol–water partition coefficient (Wildman–Crippen LogP) is 2.59. The fraction of sp³-hybridized carbons (Fsp3) is 0.560. The van der Waals surface area contributed by atoms with Gasteiger partial charge in [-0.25, -0.2) is 0 Å². The summed E-state index contributed by atoms with van der Waals surface area (Å²) >= 11 is 0. The van der Waals surface area contributed by atoms with E-state index in [1.165, 1.54) is 0 Å². The van der Waals surface area contributed by atoms with E-state index in [1.807, 2.05) is 18.2 Å². The zero-order valence-corrected chi connectivity index (χ0v) is 18.9. The molecular weight excluding hydrogens is 416 g/mol.